The van der Waals surface area contributed by atoms with Crippen molar-refractivity contribution >= 4 is 46.0 Å². The summed E-state index contributed by atoms with van der Waals surface area (Å²) in [5, 5.41) is 0. The van der Waals surface area contributed by atoms with Gasteiger partial charge in [0.05, 0.1) is 0 Å². The van der Waals surface area contributed by atoms with Crippen molar-refractivity contribution in [1.82, 2.24) is 0 Å². The Morgan fingerprint density at radius 1 is 0.769 bits per heavy atom. The van der Waals surface area contributed by atoms with Gasteiger partial charge < -0.3 is 8.23 Å². The number of halogens is 2. The molecule has 0 bridgehead atoms. The van der Waals surface area contributed by atoms with Gasteiger partial charge in [0.2, 0.25) is 0 Å². The molecular weight excluding hydrogens is 259 g/mol. The summed E-state index contributed by atoms with van der Waals surface area (Å²) in [5.41, 5.74) is 0. The number of rotatable bonds is 4. The molecule has 0 aliphatic carbocycles. The Balaban J connectivity index is 4.25. The molecule has 0 rings (SSSR count). The van der Waals surface area contributed by atoms with Crippen LogP contribution in [0, 0.1) is 0 Å². The third kappa shape index (κ3) is 9.45. The summed E-state index contributed by atoms with van der Waals surface area (Å²) in [4.78, 5) is 0. The van der Waals surface area contributed by atoms with Crippen LogP contribution in [-0.4, -0.2) is 23.8 Å². The molecular formula is C6H18Cl2O2Si3. The standard InChI is InChI=1S/C6H18Cl2O2Si3/c1-11(2,3)9-13(6,8)10-12(4,5)7/h1-6H3. The van der Waals surface area contributed by atoms with Crippen molar-refractivity contribution in [3.8, 4) is 0 Å². The SMILES string of the molecule is C[Si](C)(C)O[Si](C)(Cl)O[Si](C)(C)Cl. The van der Waals surface area contributed by atoms with E-state index in [2.05, 4.69) is 19.6 Å². The molecule has 0 aliphatic heterocycles. The third-order valence-electron chi connectivity index (χ3n) is 0.913. The highest BCUT2D eigenvalue weighted by atomic mass is 35.6. The monoisotopic (exact) mass is 276 g/mol. The van der Waals surface area contributed by atoms with Crippen molar-refractivity contribution in [3.05, 3.63) is 0 Å². The van der Waals surface area contributed by atoms with Crippen molar-refractivity contribution in [3.63, 3.8) is 0 Å². The lowest BCUT2D eigenvalue weighted by Gasteiger charge is -2.32. The van der Waals surface area contributed by atoms with Crippen LogP contribution in [-0.2, 0) is 8.23 Å². The van der Waals surface area contributed by atoms with Crippen molar-refractivity contribution in [2.75, 3.05) is 0 Å². The van der Waals surface area contributed by atoms with Crippen LogP contribution >= 0.6 is 22.2 Å². The van der Waals surface area contributed by atoms with E-state index in [0.717, 1.165) is 0 Å². The van der Waals surface area contributed by atoms with E-state index in [1.165, 1.54) is 0 Å². The zero-order valence-corrected chi connectivity index (χ0v) is 13.6. The van der Waals surface area contributed by atoms with Gasteiger partial charge in [0, 0.05) is 0 Å². The summed E-state index contributed by atoms with van der Waals surface area (Å²) < 4.78 is 11.4. The van der Waals surface area contributed by atoms with Crippen molar-refractivity contribution < 1.29 is 8.23 Å². The predicted octanol–water partition coefficient (Wildman–Crippen LogP) is 3.60. The Hall–Kier alpha value is 1.15. The van der Waals surface area contributed by atoms with Crippen LogP contribution in [0.15, 0.2) is 0 Å². The van der Waals surface area contributed by atoms with Gasteiger partial charge in [0.15, 0.2) is 8.32 Å². The molecule has 0 saturated carbocycles. The molecule has 0 fully saturated rings. The lowest BCUT2D eigenvalue weighted by atomic mass is 11.8. The van der Waals surface area contributed by atoms with Gasteiger partial charge in [-0.3, -0.25) is 0 Å². The maximum Gasteiger partial charge on any atom is 0.420 e. The second-order valence-corrected chi connectivity index (χ2v) is 19.6. The average Bonchev–Trinajstić information content (AvgIpc) is 1.43. The molecule has 0 saturated heterocycles. The zero-order chi connectivity index (χ0) is 10.9. The van der Waals surface area contributed by atoms with Crippen LogP contribution in [0.3, 0.4) is 0 Å². The largest absolute Gasteiger partial charge is 0.426 e. The Kier molecular flexibility index (Phi) is 4.72. The van der Waals surface area contributed by atoms with Gasteiger partial charge in [0.25, 0.3) is 7.63 Å². The van der Waals surface area contributed by atoms with Gasteiger partial charge in [-0.15, -0.1) is 22.2 Å². The van der Waals surface area contributed by atoms with Crippen LogP contribution in [0.2, 0.25) is 39.3 Å². The molecule has 7 heteroatoms. The molecule has 0 radical (unpaired) electrons. The van der Waals surface area contributed by atoms with Crippen LogP contribution in [0.5, 0.6) is 0 Å². The summed E-state index contributed by atoms with van der Waals surface area (Å²) >= 11 is 12.2. The minimum absolute atomic E-state index is 1.62. The zero-order valence-electron chi connectivity index (χ0n) is 9.07. The topological polar surface area (TPSA) is 18.5 Å². The second kappa shape index (κ2) is 4.34. The first-order valence-corrected chi connectivity index (χ1v) is 14.9. The van der Waals surface area contributed by atoms with Crippen molar-refractivity contribution in [2.24, 2.45) is 0 Å². The van der Waals surface area contributed by atoms with Crippen molar-refractivity contribution in [2.45, 2.75) is 39.3 Å². The van der Waals surface area contributed by atoms with Gasteiger partial charge in [-0.25, -0.2) is 0 Å². The van der Waals surface area contributed by atoms with Gasteiger partial charge >= 0.3 is 7.87 Å². The molecule has 0 aromatic heterocycles. The molecule has 2 nitrogen and oxygen atoms in total. The highest BCUT2D eigenvalue weighted by molar-refractivity contribution is 7.24. The molecule has 80 valence electrons. The summed E-state index contributed by atoms with van der Waals surface area (Å²) in [7, 11) is -6.23. The predicted molar refractivity (Wildman–Crippen MR) is 66.3 cm³/mol. The molecule has 0 amide bonds. The Morgan fingerprint density at radius 2 is 1.15 bits per heavy atom. The lowest BCUT2D eigenvalue weighted by Crippen LogP contribution is -2.48. The van der Waals surface area contributed by atoms with E-state index < -0.39 is 23.8 Å². The first-order chi connectivity index (χ1) is 5.41. The number of hydrogen-bond donors (Lipinski definition) is 0. The quantitative estimate of drug-likeness (QED) is 0.577. The minimum atomic E-state index is -2.51. The second-order valence-electron chi connectivity index (χ2n) is 4.51. The maximum absolute atomic E-state index is 6.18. The van der Waals surface area contributed by atoms with Crippen LogP contribution in [0.1, 0.15) is 0 Å². The van der Waals surface area contributed by atoms with E-state index in [-0.39, 0.29) is 0 Å². The lowest BCUT2D eigenvalue weighted by molar-refractivity contribution is 0.421. The van der Waals surface area contributed by atoms with E-state index >= 15 is 0 Å². The fourth-order valence-electron chi connectivity index (χ4n) is 1.00. The highest BCUT2D eigenvalue weighted by Gasteiger charge is 2.40. The average molecular weight is 277 g/mol. The first-order valence-electron chi connectivity index (χ1n) is 4.19. The van der Waals surface area contributed by atoms with E-state index in [4.69, 9.17) is 30.4 Å². The van der Waals surface area contributed by atoms with E-state index in [1.807, 2.05) is 19.6 Å². The summed E-state index contributed by atoms with van der Waals surface area (Å²) in [5.74, 6) is 0. The van der Waals surface area contributed by atoms with Gasteiger partial charge in [-0.2, -0.15) is 0 Å². The van der Waals surface area contributed by atoms with Gasteiger partial charge in [0.1, 0.15) is 0 Å². The van der Waals surface area contributed by atoms with Crippen LogP contribution in [0.25, 0.3) is 0 Å². The van der Waals surface area contributed by atoms with E-state index in [9.17, 15) is 0 Å². The smallest absolute Gasteiger partial charge is 0.420 e. The molecule has 13 heavy (non-hydrogen) atoms. The normalized spacial score (nSPS) is 18.5. The Labute approximate surface area is 93.4 Å². The molecule has 1 unspecified atom stereocenters. The van der Waals surface area contributed by atoms with Gasteiger partial charge in [-0.05, 0) is 39.3 Å². The molecule has 0 spiro atoms. The Bertz CT molecular complexity index is 156. The fraction of sp³-hybridized carbons (Fsp3) is 1.00. The fourth-order valence-corrected chi connectivity index (χ4v) is 14.9. The molecule has 0 aromatic carbocycles. The minimum Gasteiger partial charge on any atom is -0.426 e. The van der Waals surface area contributed by atoms with Gasteiger partial charge in [-0.1, -0.05) is 0 Å². The molecule has 1 atom stereocenters. The van der Waals surface area contributed by atoms with E-state index in [0.29, 0.717) is 0 Å². The third-order valence-corrected chi connectivity index (χ3v) is 10.3. The highest BCUT2D eigenvalue weighted by Crippen LogP contribution is 2.25. The summed E-state index contributed by atoms with van der Waals surface area (Å²) in [6, 6.07) is 0. The van der Waals surface area contributed by atoms with E-state index in [1.54, 1.807) is 0 Å². The first kappa shape index (κ1) is 14.2. The molecule has 0 N–H and O–H groups in total. The van der Waals surface area contributed by atoms with Crippen LogP contribution < -0.4 is 0 Å². The molecule has 0 heterocycles. The molecule has 0 aromatic rings. The number of hydrogen-bond acceptors (Lipinski definition) is 2. The Morgan fingerprint density at radius 3 is 1.38 bits per heavy atom. The molecule has 0 aliphatic rings. The summed E-state index contributed by atoms with van der Waals surface area (Å²) in [6.07, 6.45) is 0. The summed E-state index contributed by atoms with van der Waals surface area (Å²) in [6.45, 7) is 11.9. The van der Waals surface area contributed by atoms with Crippen molar-refractivity contribution in [1.29, 1.82) is 0 Å². The maximum atomic E-state index is 6.18. The van der Waals surface area contributed by atoms with Crippen LogP contribution in [0.4, 0.5) is 0 Å².